The fourth-order valence-electron chi connectivity index (χ4n) is 3.10. The first kappa shape index (κ1) is 19.6. The SMILES string of the molecule is Cc1nccc(NC(=O)c2cnn3ccc(-c4ccccc4C(F)(F)F)nc23)c1C. The summed E-state index contributed by atoms with van der Waals surface area (Å²) < 4.78 is 41.5. The quantitative estimate of drug-likeness (QED) is 0.531. The van der Waals surface area contributed by atoms with Crippen molar-refractivity contribution in [2.24, 2.45) is 0 Å². The number of carbonyl (C=O) groups excluding carboxylic acids is 1. The van der Waals surface area contributed by atoms with Gasteiger partial charge in [0.15, 0.2) is 5.65 Å². The molecule has 0 bridgehead atoms. The average Bonchev–Trinajstić information content (AvgIpc) is 3.14. The number of rotatable bonds is 3. The predicted molar refractivity (Wildman–Crippen MR) is 105 cm³/mol. The molecule has 4 aromatic rings. The van der Waals surface area contributed by atoms with E-state index in [0.717, 1.165) is 17.3 Å². The number of halogens is 3. The van der Waals surface area contributed by atoms with Gasteiger partial charge in [0.05, 0.1) is 17.5 Å². The Morgan fingerprint density at radius 1 is 1.10 bits per heavy atom. The second-order valence-corrected chi connectivity index (χ2v) is 6.71. The first-order chi connectivity index (χ1) is 14.3. The second kappa shape index (κ2) is 7.25. The Kier molecular flexibility index (Phi) is 4.73. The third-order valence-electron chi connectivity index (χ3n) is 4.83. The van der Waals surface area contributed by atoms with E-state index < -0.39 is 17.6 Å². The summed E-state index contributed by atoms with van der Waals surface area (Å²) in [6, 6.07) is 8.28. The van der Waals surface area contributed by atoms with Crippen molar-refractivity contribution >= 4 is 17.2 Å². The van der Waals surface area contributed by atoms with Crippen LogP contribution in [0.1, 0.15) is 27.2 Å². The van der Waals surface area contributed by atoms with Crippen LogP contribution in [0.4, 0.5) is 18.9 Å². The van der Waals surface area contributed by atoms with Crippen LogP contribution in [-0.4, -0.2) is 25.5 Å². The summed E-state index contributed by atoms with van der Waals surface area (Å²) in [7, 11) is 0. The van der Waals surface area contributed by atoms with E-state index in [1.54, 1.807) is 12.3 Å². The van der Waals surface area contributed by atoms with E-state index in [4.69, 9.17) is 0 Å². The number of carbonyl (C=O) groups is 1. The Bertz CT molecular complexity index is 1260. The number of benzene rings is 1. The van der Waals surface area contributed by atoms with Gasteiger partial charge in [-0.2, -0.15) is 18.3 Å². The lowest BCUT2D eigenvalue weighted by atomic mass is 10.0. The van der Waals surface area contributed by atoms with Gasteiger partial charge >= 0.3 is 6.18 Å². The summed E-state index contributed by atoms with van der Waals surface area (Å²) in [5, 5.41) is 6.87. The van der Waals surface area contributed by atoms with Crippen molar-refractivity contribution in [1.82, 2.24) is 19.6 Å². The van der Waals surface area contributed by atoms with Gasteiger partial charge in [-0.3, -0.25) is 9.78 Å². The molecule has 6 nitrogen and oxygen atoms in total. The molecular weight excluding hydrogens is 395 g/mol. The summed E-state index contributed by atoms with van der Waals surface area (Å²) in [5.41, 5.74) is 1.72. The molecule has 0 unspecified atom stereocenters. The zero-order valence-corrected chi connectivity index (χ0v) is 16.0. The molecule has 1 N–H and O–H groups in total. The second-order valence-electron chi connectivity index (χ2n) is 6.71. The summed E-state index contributed by atoms with van der Waals surface area (Å²) >= 11 is 0. The number of anilines is 1. The molecule has 3 heterocycles. The molecule has 0 saturated carbocycles. The number of alkyl halides is 3. The Labute approximate surface area is 169 Å². The Morgan fingerprint density at radius 2 is 1.87 bits per heavy atom. The number of nitrogens with one attached hydrogen (secondary N) is 1. The lowest BCUT2D eigenvalue weighted by Gasteiger charge is -2.12. The van der Waals surface area contributed by atoms with Crippen molar-refractivity contribution in [3.8, 4) is 11.3 Å². The van der Waals surface area contributed by atoms with Gasteiger partial charge in [-0.25, -0.2) is 9.50 Å². The van der Waals surface area contributed by atoms with Crippen LogP contribution < -0.4 is 5.32 Å². The molecule has 0 aliphatic heterocycles. The lowest BCUT2D eigenvalue weighted by Crippen LogP contribution is -2.14. The third-order valence-corrected chi connectivity index (χ3v) is 4.83. The Balaban J connectivity index is 1.76. The smallest absolute Gasteiger partial charge is 0.321 e. The first-order valence-corrected chi connectivity index (χ1v) is 9.00. The highest BCUT2D eigenvalue weighted by Gasteiger charge is 2.33. The van der Waals surface area contributed by atoms with Crippen LogP contribution in [0.5, 0.6) is 0 Å². The highest BCUT2D eigenvalue weighted by atomic mass is 19.4. The maximum atomic E-state index is 13.4. The fraction of sp³-hybridized carbons (Fsp3) is 0.143. The largest absolute Gasteiger partial charge is 0.417 e. The van der Waals surface area contributed by atoms with E-state index in [0.29, 0.717) is 5.69 Å². The molecule has 152 valence electrons. The van der Waals surface area contributed by atoms with Crippen LogP contribution >= 0.6 is 0 Å². The van der Waals surface area contributed by atoms with E-state index in [9.17, 15) is 18.0 Å². The molecule has 9 heteroatoms. The van der Waals surface area contributed by atoms with Crippen LogP contribution in [-0.2, 0) is 6.18 Å². The van der Waals surface area contributed by atoms with Gasteiger partial charge in [-0.05, 0) is 37.6 Å². The zero-order valence-electron chi connectivity index (χ0n) is 16.0. The lowest BCUT2D eigenvalue weighted by molar-refractivity contribution is -0.137. The van der Waals surface area contributed by atoms with Gasteiger partial charge in [0.2, 0.25) is 0 Å². The summed E-state index contributed by atoms with van der Waals surface area (Å²) in [6.07, 6.45) is -0.135. The number of aryl methyl sites for hydroxylation is 1. The number of aromatic nitrogens is 4. The number of hydrogen-bond donors (Lipinski definition) is 1. The summed E-state index contributed by atoms with van der Waals surface area (Å²) in [6.45, 7) is 3.66. The van der Waals surface area contributed by atoms with Gasteiger partial charge in [-0.1, -0.05) is 18.2 Å². The minimum atomic E-state index is -4.53. The zero-order chi connectivity index (χ0) is 21.5. The molecule has 1 amide bonds. The molecule has 0 fully saturated rings. The van der Waals surface area contributed by atoms with Crippen molar-refractivity contribution in [2.75, 3.05) is 5.32 Å². The number of amides is 1. The maximum absolute atomic E-state index is 13.4. The van der Waals surface area contributed by atoms with Crippen molar-refractivity contribution in [3.05, 3.63) is 77.4 Å². The number of fused-ring (bicyclic) bond motifs is 1. The predicted octanol–water partition coefficient (Wildman–Crippen LogP) is 4.68. The average molecular weight is 411 g/mol. The molecule has 0 radical (unpaired) electrons. The molecule has 0 aliphatic rings. The topological polar surface area (TPSA) is 72.2 Å². The third kappa shape index (κ3) is 3.49. The highest BCUT2D eigenvalue weighted by Crippen LogP contribution is 2.36. The van der Waals surface area contributed by atoms with Crippen molar-refractivity contribution in [3.63, 3.8) is 0 Å². The van der Waals surface area contributed by atoms with E-state index in [1.807, 2.05) is 13.8 Å². The van der Waals surface area contributed by atoms with Gasteiger partial charge in [0.25, 0.3) is 5.91 Å². The van der Waals surface area contributed by atoms with Crippen molar-refractivity contribution < 1.29 is 18.0 Å². The van der Waals surface area contributed by atoms with Crippen molar-refractivity contribution in [1.29, 1.82) is 0 Å². The molecule has 0 saturated heterocycles. The normalized spacial score (nSPS) is 11.6. The minimum absolute atomic E-state index is 0.0688. The molecular formula is C21H16F3N5O. The molecule has 4 rings (SSSR count). The van der Waals surface area contributed by atoms with Gasteiger partial charge in [0.1, 0.15) is 5.56 Å². The Morgan fingerprint density at radius 3 is 2.63 bits per heavy atom. The van der Waals surface area contributed by atoms with Gasteiger partial charge in [0, 0.05) is 29.3 Å². The molecule has 1 aromatic carbocycles. The van der Waals surface area contributed by atoms with Crippen LogP contribution in [0.15, 0.2) is 55.0 Å². The molecule has 0 spiro atoms. The van der Waals surface area contributed by atoms with Crippen LogP contribution in [0.2, 0.25) is 0 Å². The molecule has 0 atom stereocenters. The van der Waals surface area contributed by atoms with E-state index >= 15 is 0 Å². The molecule has 3 aromatic heterocycles. The van der Waals surface area contributed by atoms with E-state index in [2.05, 4.69) is 20.4 Å². The number of nitrogens with zero attached hydrogens (tertiary/aromatic N) is 4. The minimum Gasteiger partial charge on any atom is -0.321 e. The summed E-state index contributed by atoms with van der Waals surface area (Å²) in [5.74, 6) is -0.465. The number of pyridine rings is 1. The summed E-state index contributed by atoms with van der Waals surface area (Å²) in [4.78, 5) is 21.3. The highest BCUT2D eigenvalue weighted by molar-refractivity contribution is 6.08. The molecule has 30 heavy (non-hydrogen) atoms. The number of hydrogen-bond acceptors (Lipinski definition) is 4. The van der Waals surface area contributed by atoms with Crippen LogP contribution in [0.25, 0.3) is 16.9 Å². The molecule has 0 aliphatic carbocycles. The van der Waals surface area contributed by atoms with Gasteiger partial charge < -0.3 is 5.32 Å². The van der Waals surface area contributed by atoms with Gasteiger partial charge in [-0.15, -0.1) is 0 Å². The van der Waals surface area contributed by atoms with Crippen molar-refractivity contribution in [2.45, 2.75) is 20.0 Å². The first-order valence-electron chi connectivity index (χ1n) is 9.00. The Hall–Kier alpha value is -3.75. The standard InChI is InChI=1S/C21H16F3N5O/c1-12-13(2)25-9-7-17(12)28-20(30)15-11-26-29-10-8-18(27-19(15)29)14-5-3-4-6-16(14)21(22,23)24/h3-11H,1-2H3,(H,25,28,30). The van der Waals surface area contributed by atoms with E-state index in [-0.39, 0.29) is 22.5 Å². The van der Waals surface area contributed by atoms with Crippen LogP contribution in [0.3, 0.4) is 0 Å². The fourth-order valence-corrected chi connectivity index (χ4v) is 3.10. The maximum Gasteiger partial charge on any atom is 0.417 e. The monoisotopic (exact) mass is 411 g/mol. The van der Waals surface area contributed by atoms with Crippen LogP contribution in [0, 0.1) is 13.8 Å². The van der Waals surface area contributed by atoms with E-state index in [1.165, 1.54) is 41.2 Å².